The highest BCUT2D eigenvalue weighted by atomic mass is 79.9. The minimum Gasteiger partial charge on any atom is -0.493 e. The lowest BCUT2D eigenvalue weighted by molar-refractivity contribution is 0.432. The van der Waals surface area contributed by atoms with Crippen LogP contribution in [-0.4, -0.2) is 20.9 Å². The van der Waals surface area contributed by atoms with Crippen LogP contribution in [0.2, 0.25) is 0 Å². The zero-order valence-electron chi connectivity index (χ0n) is 10.1. The van der Waals surface area contributed by atoms with Gasteiger partial charge in [0.2, 0.25) is 11.8 Å². The summed E-state index contributed by atoms with van der Waals surface area (Å²) in [5.41, 5.74) is 8.89. The Hall–Kier alpha value is -2.08. The van der Waals surface area contributed by atoms with Crippen LogP contribution in [0.15, 0.2) is 27.7 Å². The molecular weight excluding hydrogens is 308 g/mol. The molecule has 0 saturated heterocycles. The standard InChI is InChI=1S/C13H11BrN4O/c1-18-12(19)11(17-13(18)15)4-7-6-16-10-3-2-8(14)5-9(7)10/h2-6,19H,1H3,(H2,15,17)/b7-4+. The van der Waals surface area contributed by atoms with Gasteiger partial charge in [0, 0.05) is 28.9 Å². The van der Waals surface area contributed by atoms with Crippen LogP contribution in [0.4, 0.5) is 11.6 Å². The summed E-state index contributed by atoms with van der Waals surface area (Å²) in [4.78, 5) is 8.42. The quantitative estimate of drug-likeness (QED) is 0.848. The molecule has 0 unspecified atom stereocenters. The third-order valence-corrected chi connectivity index (χ3v) is 3.52. The van der Waals surface area contributed by atoms with Crippen LogP contribution >= 0.6 is 15.9 Å². The van der Waals surface area contributed by atoms with E-state index in [0.717, 1.165) is 21.3 Å². The van der Waals surface area contributed by atoms with Gasteiger partial charge in [-0.1, -0.05) is 15.9 Å². The van der Waals surface area contributed by atoms with E-state index in [2.05, 4.69) is 25.9 Å². The number of nitrogens with zero attached hydrogens (tertiary/aromatic N) is 3. The predicted octanol–water partition coefficient (Wildman–Crippen LogP) is 2.73. The first-order valence-electron chi connectivity index (χ1n) is 5.63. The monoisotopic (exact) mass is 318 g/mol. The maximum absolute atomic E-state index is 9.90. The predicted molar refractivity (Wildman–Crippen MR) is 79.5 cm³/mol. The maximum atomic E-state index is 9.90. The highest BCUT2D eigenvalue weighted by molar-refractivity contribution is 9.10. The number of fused-ring (bicyclic) bond motifs is 1. The second-order valence-electron chi connectivity index (χ2n) is 4.26. The summed E-state index contributed by atoms with van der Waals surface area (Å²) in [7, 11) is 1.66. The fraction of sp³-hybridized carbons (Fsp3) is 0.0769. The number of aromatic hydroxyl groups is 1. The van der Waals surface area contributed by atoms with Gasteiger partial charge >= 0.3 is 0 Å². The smallest absolute Gasteiger partial charge is 0.220 e. The summed E-state index contributed by atoms with van der Waals surface area (Å²) in [6.45, 7) is 0. The molecule has 0 amide bonds. The lowest BCUT2D eigenvalue weighted by atomic mass is 10.1. The summed E-state index contributed by atoms with van der Waals surface area (Å²) in [5.74, 6) is 0.315. The van der Waals surface area contributed by atoms with E-state index in [1.165, 1.54) is 4.57 Å². The van der Waals surface area contributed by atoms with Crippen LogP contribution < -0.4 is 5.73 Å². The molecule has 2 heterocycles. The molecule has 1 aromatic heterocycles. The average Bonchev–Trinajstić information content (AvgIpc) is 2.88. The van der Waals surface area contributed by atoms with Gasteiger partial charge in [0.15, 0.2) is 0 Å². The molecule has 0 spiro atoms. The Morgan fingerprint density at radius 1 is 1.42 bits per heavy atom. The largest absolute Gasteiger partial charge is 0.493 e. The fourth-order valence-electron chi connectivity index (χ4n) is 1.95. The topological polar surface area (TPSA) is 76.4 Å². The first kappa shape index (κ1) is 12.0. The summed E-state index contributed by atoms with van der Waals surface area (Å²) >= 11 is 3.44. The van der Waals surface area contributed by atoms with E-state index in [1.54, 1.807) is 19.3 Å². The second kappa shape index (κ2) is 4.24. The van der Waals surface area contributed by atoms with E-state index in [4.69, 9.17) is 5.73 Å². The molecule has 0 bridgehead atoms. The number of benzene rings is 1. The van der Waals surface area contributed by atoms with Gasteiger partial charge < -0.3 is 10.8 Å². The van der Waals surface area contributed by atoms with Crippen LogP contribution in [-0.2, 0) is 7.05 Å². The molecule has 2 aromatic rings. The lowest BCUT2D eigenvalue weighted by Gasteiger charge is -2.00. The molecule has 0 radical (unpaired) electrons. The van der Waals surface area contributed by atoms with Gasteiger partial charge in [0.1, 0.15) is 5.69 Å². The molecule has 5 nitrogen and oxygen atoms in total. The van der Waals surface area contributed by atoms with Gasteiger partial charge in [0.05, 0.1) is 5.69 Å². The van der Waals surface area contributed by atoms with E-state index >= 15 is 0 Å². The number of hydrogen-bond acceptors (Lipinski definition) is 4. The fourth-order valence-corrected chi connectivity index (χ4v) is 2.31. The van der Waals surface area contributed by atoms with Crippen molar-refractivity contribution in [3.63, 3.8) is 0 Å². The summed E-state index contributed by atoms with van der Waals surface area (Å²) in [6.07, 6.45) is 3.52. The van der Waals surface area contributed by atoms with E-state index in [0.29, 0.717) is 5.69 Å². The molecule has 0 saturated carbocycles. The van der Waals surface area contributed by atoms with E-state index in [9.17, 15) is 5.11 Å². The number of allylic oxidation sites excluding steroid dienone is 1. The number of hydrogen-bond donors (Lipinski definition) is 2. The third kappa shape index (κ3) is 1.94. The van der Waals surface area contributed by atoms with Crippen molar-refractivity contribution in [1.29, 1.82) is 0 Å². The molecule has 19 heavy (non-hydrogen) atoms. The SMILES string of the molecule is Cn1c(N)nc(/C=C2\C=Nc3ccc(Br)cc32)c1O. The summed E-state index contributed by atoms with van der Waals surface area (Å²) in [6, 6.07) is 5.86. The second-order valence-corrected chi connectivity index (χ2v) is 5.17. The third-order valence-electron chi connectivity index (χ3n) is 3.03. The molecule has 3 N–H and O–H groups in total. The number of nitrogen functional groups attached to an aromatic ring is 1. The van der Waals surface area contributed by atoms with Crippen molar-refractivity contribution < 1.29 is 5.11 Å². The normalized spacial score (nSPS) is 15.2. The minimum absolute atomic E-state index is 0.0434. The van der Waals surface area contributed by atoms with Gasteiger partial charge in [-0.2, -0.15) is 0 Å². The molecular formula is C13H11BrN4O. The summed E-state index contributed by atoms with van der Waals surface area (Å²) in [5, 5.41) is 9.90. The number of aliphatic imine (C=N–C) groups is 1. The molecule has 0 fully saturated rings. The van der Waals surface area contributed by atoms with E-state index in [-0.39, 0.29) is 11.8 Å². The van der Waals surface area contributed by atoms with Crippen LogP contribution in [0.5, 0.6) is 5.88 Å². The molecule has 1 aliphatic heterocycles. The molecule has 0 atom stereocenters. The van der Waals surface area contributed by atoms with Gasteiger partial charge in [-0.15, -0.1) is 0 Å². The van der Waals surface area contributed by atoms with Crippen molar-refractivity contribution in [2.75, 3.05) is 5.73 Å². The number of halogens is 1. The molecule has 6 heteroatoms. The number of nitrogens with two attached hydrogens (primary N) is 1. The van der Waals surface area contributed by atoms with Gasteiger partial charge in [-0.05, 0) is 24.3 Å². The van der Waals surface area contributed by atoms with Crippen LogP contribution in [0, 0.1) is 0 Å². The molecule has 96 valence electrons. The summed E-state index contributed by atoms with van der Waals surface area (Å²) < 4.78 is 2.41. The zero-order chi connectivity index (χ0) is 13.6. The van der Waals surface area contributed by atoms with Crippen LogP contribution in [0.3, 0.4) is 0 Å². The number of anilines is 1. The molecule has 0 aliphatic carbocycles. The van der Waals surface area contributed by atoms with Gasteiger partial charge in [0.25, 0.3) is 0 Å². The minimum atomic E-state index is 0.0434. The molecule has 3 rings (SSSR count). The highest BCUT2D eigenvalue weighted by Gasteiger charge is 2.15. The Morgan fingerprint density at radius 3 is 2.89 bits per heavy atom. The molecule has 1 aromatic carbocycles. The number of aromatic nitrogens is 2. The average molecular weight is 319 g/mol. The van der Waals surface area contributed by atoms with E-state index in [1.807, 2.05) is 18.2 Å². The van der Waals surface area contributed by atoms with Crippen molar-refractivity contribution in [3.05, 3.63) is 33.9 Å². The van der Waals surface area contributed by atoms with Crippen LogP contribution in [0.25, 0.3) is 11.6 Å². The maximum Gasteiger partial charge on any atom is 0.220 e. The Kier molecular flexibility index (Phi) is 2.67. The number of rotatable bonds is 1. The zero-order valence-corrected chi connectivity index (χ0v) is 11.7. The van der Waals surface area contributed by atoms with Gasteiger partial charge in [-0.25, -0.2) is 4.98 Å². The van der Waals surface area contributed by atoms with Gasteiger partial charge in [-0.3, -0.25) is 9.56 Å². The van der Waals surface area contributed by atoms with Crippen molar-refractivity contribution in [1.82, 2.24) is 9.55 Å². The molecule has 1 aliphatic rings. The van der Waals surface area contributed by atoms with Crippen molar-refractivity contribution >= 4 is 45.4 Å². The van der Waals surface area contributed by atoms with Crippen molar-refractivity contribution in [3.8, 4) is 5.88 Å². The first-order valence-corrected chi connectivity index (χ1v) is 6.42. The Morgan fingerprint density at radius 2 is 2.21 bits per heavy atom. The van der Waals surface area contributed by atoms with E-state index < -0.39 is 0 Å². The Bertz CT molecular complexity index is 730. The Balaban J connectivity index is 2.10. The first-order chi connectivity index (χ1) is 9.06. The van der Waals surface area contributed by atoms with Crippen LogP contribution in [0.1, 0.15) is 11.3 Å². The number of imidazole rings is 1. The highest BCUT2D eigenvalue weighted by Crippen LogP contribution is 2.35. The van der Waals surface area contributed by atoms with Crippen molar-refractivity contribution in [2.24, 2.45) is 12.0 Å². The van der Waals surface area contributed by atoms with Crippen molar-refractivity contribution in [2.45, 2.75) is 0 Å². The lowest BCUT2D eigenvalue weighted by Crippen LogP contribution is -1.95. The Labute approximate surface area is 118 Å².